The van der Waals surface area contributed by atoms with Crippen LogP contribution in [-0.2, 0) is 6.42 Å². The summed E-state index contributed by atoms with van der Waals surface area (Å²) in [6, 6.07) is 8.47. The average molecular weight is 298 g/mol. The average Bonchev–Trinajstić information content (AvgIpc) is 2.92. The Morgan fingerprint density at radius 3 is 3.05 bits per heavy atom. The van der Waals surface area contributed by atoms with E-state index in [9.17, 15) is 5.11 Å². The first-order chi connectivity index (χ1) is 10.7. The van der Waals surface area contributed by atoms with Gasteiger partial charge in [-0.3, -0.25) is 0 Å². The summed E-state index contributed by atoms with van der Waals surface area (Å²) in [5.41, 5.74) is 3.86. The first-order valence-electron chi connectivity index (χ1n) is 8.71. The van der Waals surface area contributed by atoms with Crippen LogP contribution in [0.1, 0.15) is 50.0 Å². The van der Waals surface area contributed by atoms with E-state index in [0.717, 1.165) is 43.6 Å². The van der Waals surface area contributed by atoms with Crippen molar-refractivity contribution in [2.45, 2.75) is 45.1 Å². The first kappa shape index (κ1) is 14.3. The number of aliphatic hydroxyl groups is 1. The molecule has 0 aliphatic carbocycles. The fourth-order valence-electron chi connectivity index (χ4n) is 4.66. The molecule has 2 aliphatic heterocycles. The van der Waals surface area contributed by atoms with Gasteiger partial charge in [0.1, 0.15) is 0 Å². The van der Waals surface area contributed by atoms with Gasteiger partial charge in [0.15, 0.2) is 0 Å². The van der Waals surface area contributed by atoms with Crippen molar-refractivity contribution in [1.29, 1.82) is 0 Å². The van der Waals surface area contributed by atoms with Gasteiger partial charge in [-0.15, -0.1) is 0 Å². The molecule has 0 amide bonds. The highest BCUT2D eigenvalue weighted by Crippen LogP contribution is 2.43. The number of hydrogen-bond acceptors (Lipinski definition) is 2. The van der Waals surface area contributed by atoms with Crippen molar-refractivity contribution in [2.75, 3.05) is 19.6 Å². The molecule has 3 atom stereocenters. The van der Waals surface area contributed by atoms with Gasteiger partial charge < -0.3 is 15.0 Å². The molecule has 2 bridgehead atoms. The topological polar surface area (TPSA) is 39.3 Å². The fourth-order valence-corrected chi connectivity index (χ4v) is 4.66. The molecule has 22 heavy (non-hydrogen) atoms. The summed E-state index contributed by atoms with van der Waals surface area (Å²) in [5.74, 6) is 0. The molecule has 1 fully saturated rings. The molecule has 0 spiro atoms. The van der Waals surface area contributed by atoms with Crippen LogP contribution in [0.5, 0.6) is 0 Å². The van der Waals surface area contributed by atoms with Gasteiger partial charge in [-0.25, -0.2) is 0 Å². The maximum absolute atomic E-state index is 11.0. The number of nitrogens with one attached hydrogen (secondary N) is 1. The van der Waals surface area contributed by atoms with E-state index in [2.05, 4.69) is 41.1 Å². The Hall–Kier alpha value is -1.32. The first-order valence-corrected chi connectivity index (χ1v) is 8.71. The van der Waals surface area contributed by atoms with E-state index >= 15 is 0 Å². The Bertz CT molecular complexity index is 677. The minimum atomic E-state index is -0.361. The number of nitrogens with zero attached hydrogens (tertiary/aromatic N) is 1. The standard InChI is InChI=1S/C19H26N2O/c1-2-19-9-5-10-21(13-19)11-8-15-14-6-3-4-7-16(14)20-18(15)17(22)12-19/h3-4,6-7,17,20,22H,2,5,8-13H2,1H3/t17-,19-/m1/s1. The fraction of sp³-hybridized carbons (Fsp3) is 0.579. The van der Waals surface area contributed by atoms with Crippen LogP contribution in [0.4, 0.5) is 0 Å². The predicted octanol–water partition coefficient (Wildman–Crippen LogP) is 3.64. The van der Waals surface area contributed by atoms with Crippen molar-refractivity contribution in [3.8, 4) is 0 Å². The zero-order chi connectivity index (χ0) is 15.2. The molecule has 118 valence electrons. The molecule has 1 aromatic carbocycles. The van der Waals surface area contributed by atoms with Crippen molar-refractivity contribution < 1.29 is 5.11 Å². The van der Waals surface area contributed by atoms with E-state index in [-0.39, 0.29) is 11.5 Å². The van der Waals surface area contributed by atoms with Gasteiger partial charge in [0.2, 0.25) is 0 Å². The summed E-state index contributed by atoms with van der Waals surface area (Å²) in [5, 5.41) is 12.2. The molecular formula is C19H26N2O. The lowest BCUT2D eigenvalue weighted by atomic mass is 9.73. The number of aliphatic hydroxyl groups excluding tert-OH is 1. The number of H-pyrrole nitrogens is 1. The normalized spacial score (nSPS) is 32.1. The van der Waals surface area contributed by atoms with E-state index in [1.165, 1.54) is 30.3 Å². The molecule has 3 nitrogen and oxygen atoms in total. The molecule has 1 unspecified atom stereocenters. The molecule has 4 rings (SSSR count). The Balaban J connectivity index is 1.80. The summed E-state index contributed by atoms with van der Waals surface area (Å²) in [4.78, 5) is 6.14. The minimum Gasteiger partial charge on any atom is -0.387 e. The number of rotatable bonds is 1. The Morgan fingerprint density at radius 2 is 2.18 bits per heavy atom. The molecule has 0 saturated carbocycles. The number of aromatic nitrogens is 1. The van der Waals surface area contributed by atoms with Crippen LogP contribution >= 0.6 is 0 Å². The lowest BCUT2D eigenvalue weighted by Gasteiger charge is -2.43. The van der Waals surface area contributed by atoms with E-state index in [1.807, 2.05) is 0 Å². The molecule has 0 radical (unpaired) electrons. The monoisotopic (exact) mass is 298 g/mol. The van der Waals surface area contributed by atoms with Crippen molar-refractivity contribution in [3.05, 3.63) is 35.5 Å². The highest BCUT2D eigenvalue weighted by atomic mass is 16.3. The van der Waals surface area contributed by atoms with Gasteiger partial charge in [-0.1, -0.05) is 25.1 Å². The van der Waals surface area contributed by atoms with Crippen LogP contribution in [0.15, 0.2) is 24.3 Å². The minimum absolute atomic E-state index is 0.288. The second kappa shape index (κ2) is 5.39. The van der Waals surface area contributed by atoms with Crippen molar-refractivity contribution in [3.63, 3.8) is 0 Å². The van der Waals surface area contributed by atoms with Crippen LogP contribution in [0.2, 0.25) is 0 Å². The zero-order valence-electron chi connectivity index (χ0n) is 13.4. The van der Waals surface area contributed by atoms with Gasteiger partial charge in [-0.05, 0) is 55.7 Å². The SMILES string of the molecule is CC[C@@]12CCCN(CCc3c([nH]c4ccccc34)[C@H](O)C1)C2. The number of hydrogen-bond donors (Lipinski definition) is 2. The van der Waals surface area contributed by atoms with Crippen molar-refractivity contribution in [1.82, 2.24) is 9.88 Å². The second-order valence-electron chi connectivity index (χ2n) is 7.27. The van der Waals surface area contributed by atoms with Crippen LogP contribution in [0.25, 0.3) is 10.9 Å². The third-order valence-corrected chi connectivity index (χ3v) is 5.97. The predicted molar refractivity (Wildman–Crippen MR) is 90.0 cm³/mol. The highest BCUT2D eigenvalue weighted by Gasteiger charge is 2.38. The smallest absolute Gasteiger partial charge is 0.0946 e. The summed E-state index contributed by atoms with van der Waals surface area (Å²) >= 11 is 0. The van der Waals surface area contributed by atoms with Crippen LogP contribution in [-0.4, -0.2) is 34.6 Å². The Labute approximate surface area is 132 Å². The number of aromatic amines is 1. The van der Waals surface area contributed by atoms with Crippen LogP contribution in [0.3, 0.4) is 0 Å². The molecular weight excluding hydrogens is 272 g/mol. The molecule has 2 aliphatic rings. The second-order valence-corrected chi connectivity index (χ2v) is 7.27. The van der Waals surface area contributed by atoms with Gasteiger partial charge >= 0.3 is 0 Å². The lowest BCUT2D eigenvalue weighted by molar-refractivity contribution is 0.0300. The highest BCUT2D eigenvalue weighted by molar-refractivity contribution is 5.84. The number of para-hydroxylation sites is 1. The van der Waals surface area contributed by atoms with Gasteiger partial charge in [0.05, 0.1) is 6.10 Å². The molecule has 3 heterocycles. The molecule has 2 aromatic rings. The van der Waals surface area contributed by atoms with E-state index < -0.39 is 0 Å². The third-order valence-electron chi connectivity index (χ3n) is 5.97. The molecule has 1 aromatic heterocycles. The Kier molecular flexibility index (Phi) is 3.50. The summed E-state index contributed by atoms with van der Waals surface area (Å²) in [6.45, 7) is 5.78. The maximum atomic E-state index is 11.0. The maximum Gasteiger partial charge on any atom is 0.0946 e. The summed E-state index contributed by atoms with van der Waals surface area (Å²) in [6.07, 6.45) is 5.26. The number of fused-ring (bicyclic) bond motifs is 5. The quantitative estimate of drug-likeness (QED) is 0.843. The molecule has 2 N–H and O–H groups in total. The zero-order valence-corrected chi connectivity index (χ0v) is 13.4. The van der Waals surface area contributed by atoms with E-state index in [4.69, 9.17) is 0 Å². The Morgan fingerprint density at radius 1 is 1.32 bits per heavy atom. The largest absolute Gasteiger partial charge is 0.387 e. The van der Waals surface area contributed by atoms with Gasteiger partial charge in [0.25, 0.3) is 0 Å². The molecule has 3 heteroatoms. The number of piperidine rings is 1. The van der Waals surface area contributed by atoms with Gasteiger partial charge in [-0.2, -0.15) is 0 Å². The van der Waals surface area contributed by atoms with E-state index in [1.54, 1.807) is 0 Å². The van der Waals surface area contributed by atoms with Crippen molar-refractivity contribution >= 4 is 10.9 Å². The van der Waals surface area contributed by atoms with Crippen LogP contribution < -0.4 is 0 Å². The van der Waals surface area contributed by atoms with E-state index in [0.29, 0.717) is 0 Å². The molecule has 1 saturated heterocycles. The van der Waals surface area contributed by atoms with Gasteiger partial charge in [0, 0.05) is 29.7 Å². The van der Waals surface area contributed by atoms with Crippen LogP contribution in [0, 0.1) is 5.41 Å². The number of benzene rings is 1. The van der Waals surface area contributed by atoms with Crippen molar-refractivity contribution in [2.24, 2.45) is 5.41 Å². The lowest BCUT2D eigenvalue weighted by Crippen LogP contribution is -2.43. The third kappa shape index (κ3) is 2.27. The summed E-state index contributed by atoms with van der Waals surface area (Å²) < 4.78 is 0. The summed E-state index contributed by atoms with van der Waals surface area (Å²) in [7, 11) is 0.